The minimum absolute atomic E-state index is 0.0409. The second-order valence-electron chi connectivity index (χ2n) is 8.47. The molecule has 3 heterocycles. The number of aliphatic hydroxyl groups is 1. The molecule has 1 aromatic carbocycles. The summed E-state index contributed by atoms with van der Waals surface area (Å²) in [5.41, 5.74) is -0.0994. The van der Waals surface area contributed by atoms with Gasteiger partial charge in [0.25, 0.3) is 0 Å². The van der Waals surface area contributed by atoms with E-state index in [9.17, 15) is 19.5 Å². The van der Waals surface area contributed by atoms with E-state index < -0.39 is 17.7 Å². The van der Waals surface area contributed by atoms with Crippen molar-refractivity contribution in [3.8, 4) is 5.75 Å². The van der Waals surface area contributed by atoms with Crippen molar-refractivity contribution in [1.82, 2.24) is 9.80 Å². The van der Waals surface area contributed by atoms with Gasteiger partial charge in [0.1, 0.15) is 17.4 Å². The van der Waals surface area contributed by atoms with Crippen LogP contribution in [0, 0.1) is 0 Å². The molecule has 2 saturated heterocycles. The van der Waals surface area contributed by atoms with Crippen molar-refractivity contribution in [2.24, 2.45) is 0 Å². The smallest absolute Gasteiger partial charge is 0.245 e. The number of likely N-dealkylation sites (tertiary alicyclic amines) is 2. The number of aliphatic hydroxyl groups excluding tert-OH is 1. The Labute approximate surface area is 170 Å². The average Bonchev–Trinajstić information content (AvgIpc) is 2.86. The number of hydrogen-bond acceptors (Lipinski definition) is 5. The fraction of sp³-hybridized carbons (Fsp3) is 0.591. The van der Waals surface area contributed by atoms with Gasteiger partial charge in [-0.2, -0.15) is 0 Å². The fourth-order valence-corrected chi connectivity index (χ4v) is 4.74. The number of ketones is 1. The first-order chi connectivity index (χ1) is 13.9. The second kappa shape index (κ2) is 7.78. The molecular weight excluding hydrogens is 372 g/mol. The lowest BCUT2D eigenvalue weighted by Gasteiger charge is -2.38. The molecular formula is C22H28N2O5. The number of β-amino-alcohol motifs (C(OH)–C–C–N with tert-alkyl or cyclic N) is 1. The Morgan fingerprint density at radius 1 is 1.24 bits per heavy atom. The molecule has 1 spiro atoms. The normalized spacial score (nSPS) is 28.6. The molecule has 7 nitrogen and oxygen atoms in total. The van der Waals surface area contributed by atoms with Crippen molar-refractivity contribution in [3.05, 3.63) is 29.8 Å². The number of Topliss-reactive ketones (excluding diaryl/α,β-unsaturated/α-hetero) is 1. The monoisotopic (exact) mass is 400 g/mol. The predicted octanol–water partition coefficient (Wildman–Crippen LogP) is 1.77. The maximum Gasteiger partial charge on any atom is 0.245 e. The van der Waals surface area contributed by atoms with Gasteiger partial charge in [-0.25, -0.2) is 0 Å². The summed E-state index contributed by atoms with van der Waals surface area (Å²) >= 11 is 0. The fourth-order valence-electron chi connectivity index (χ4n) is 4.74. The Bertz CT molecular complexity index is 825. The van der Waals surface area contributed by atoms with Crippen LogP contribution in [-0.2, 0) is 9.59 Å². The third-order valence-electron chi connectivity index (χ3n) is 6.45. The van der Waals surface area contributed by atoms with E-state index >= 15 is 0 Å². The lowest BCUT2D eigenvalue weighted by molar-refractivity contribution is -0.146. The topological polar surface area (TPSA) is 87.2 Å². The van der Waals surface area contributed by atoms with Gasteiger partial charge in [-0.05, 0) is 38.3 Å². The third-order valence-corrected chi connectivity index (χ3v) is 6.45. The summed E-state index contributed by atoms with van der Waals surface area (Å²) in [6.45, 7) is 3.06. The molecule has 0 saturated carbocycles. The van der Waals surface area contributed by atoms with E-state index in [0.29, 0.717) is 50.2 Å². The first kappa shape index (κ1) is 19.9. The number of benzene rings is 1. The summed E-state index contributed by atoms with van der Waals surface area (Å²) in [7, 11) is 0. The van der Waals surface area contributed by atoms with Crippen molar-refractivity contribution in [2.75, 3.05) is 19.6 Å². The summed E-state index contributed by atoms with van der Waals surface area (Å²) in [5, 5.41) is 9.87. The highest BCUT2D eigenvalue weighted by Crippen LogP contribution is 2.39. The Morgan fingerprint density at radius 3 is 2.83 bits per heavy atom. The van der Waals surface area contributed by atoms with E-state index in [1.807, 2.05) is 12.1 Å². The van der Waals surface area contributed by atoms with Crippen LogP contribution >= 0.6 is 0 Å². The van der Waals surface area contributed by atoms with Crippen LogP contribution in [-0.4, -0.2) is 69.9 Å². The molecule has 2 amide bonds. The molecule has 0 bridgehead atoms. The quantitative estimate of drug-likeness (QED) is 0.818. The number of carbonyl (C=O) groups is 3. The van der Waals surface area contributed by atoms with Gasteiger partial charge in [0.2, 0.25) is 11.8 Å². The Balaban J connectivity index is 1.48. The largest absolute Gasteiger partial charge is 0.486 e. The summed E-state index contributed by atoms with van der Waals surface area (Å²) < 4.78 is 6.25. The van der Waals surface area contributed by atoms with Crippen molar-refractivity contribution in [3.63, 3.8) is 0 Å². The molecule has 2 fully saturated rings. The molecule has 3 aliphatic rings. The number of nitrogens with zero attached hydrogens (tertiary/aromatic N) is 2. The van der Waals surface area contributed by atoms with Crippen LogP contribution in [0.3, 0.4) is 0 Å². The molecule has 0 aliphatic carbocycles. The highest BCUT2D eigenvalue weighted by molar-refractivity contribution is 6.00. The number of ether oxygens (including phenoxy) is 1. The summed E-state index contributed by atoms with van der Waals surface area (Å²) in [6.07, 6.45) is 2.46. The van der Waals surface area contributed by atoms with Crippen molar-refractivity contribution >= 4 is 17.6 Å². The number of carbonyl (C=O) groups excluding carboxylic acids is 3. The zero-order valence-corrected chi connectivity index (χ0v) is 16.8. The number of hydrogen-bond donors (Lipinski definition) is 1. The first-order valence-electron chi connectivity index (χ1n) is 10.5. The van der Waals surface area contributed by atoms with Crippen LogP contribution < -0.4 is 4.74 Å². The Kier molecular flexibility index (Phi) is 5.34. The van der Waals surface area contributed by atoms with Gasteiger partial charge in [0, 0.05) is 32.5 Å². The van der Waals surface area contributed by atoms with E-state index in [1.165, 1.54) is 0 Å². The van der Waals surface area contributed by atoms with Gasteiger partial charge in [-0.3, -0.25) is 14.4 Å². The van der Waals surface area contributed by atoms with Crippen molar-refractivity contribution in [2.45, 2.75) is 63.2 Å². The average molecular weight is 400 g/mol. The van der Waals surface area contributed by atoms with Crippen LogP contribution in [0.25, 0.3) is 0 Å². The van der Waals surface area contributed by atoms with Gasteiger partial charge in [0.15, 0.2) is 5.78 Å². The van der Waals surface area contributed by atoms with E-state index in [1.54, 1.807) is 28.9 Å². The minimum Gasteiger partial charge on any atom is -0.486 e. The highest BCUT2D eigenvalue weighted by atomic mass is 16.5. The first-order valence-corrected chi connectivity index (χ1v) is 10.5. The van der Waals surface area contributed by atoms with Gasteiger partial charge < -0.3 is 19.6 Å². The molecule has 29 heavy (non-hydrogen) atoms. The summed E-state index contributed by atoms with van der Waals surface area (Å²) in [6, 6.07) is 6.64. The SMILES string of the molecule is CC(C(=O)N1CCCC(O)C1)N1CCC2(CCC1=O)CC(=O)c1ccccc1O2. The molecule has 3 unspecified atom stereocenters. The molecule has 3 aliphatic heterocycles. The van der Waals surface area contributed by atoms with Crippen LogP contribution in [0.2, 0.25) is 0 Å². The number of para-hydroxylation sites is 1. The Morgan fingerprint density at radius 2 is 2.03 bits per heavy atom. The van der Waals surface area contributed by atoms with Crippen LogP contribution in [0.15, 0.2) is 24.3 Å². The number of fused-ring (bicyclic) bond motifs is 1. The zero-order chi connectivity index (χ0) is 20.6. The van der Waals surface area contributed by atoms with Gasteiger partial charge in [-0.1, -0.05) is 12.1 Å². The molecule has 0 aromatic heterocycles. The lowest BCUT2D eigenvalue weighted by atomic mass is 9.84. The molecule has 7 heteroatoms. The predicted molar refractivity (Wildman–Crippen MR) is 106 cm³/mol. The van der Waals surface area contributed by atoms with Crippen molar-refractivity contribution < 1.29 is 24.2 Å². The van der Waals surface area contributed by atoms with Gasteiger partial charge >= 0.3 is 0 Å². The second-order valence-corrected chi connectivity index (χ2v) is 8.47. The number of rotatable bonds is 2. The summed E-state index contributed by atoms with van der Waals surface area (Å²) in [4.78, 5) is 41.7. The summed E-state index contributed by atoms with van der Waals surface area (Å²) in [5.74, 6) is 0.407. The van der Waals surface area contributed by atoms with Crippen molar-refractivity contribution in [1.29, 1.82) is 0 Å². The lowest BCUT2D eigenvalue weighted by Crippen LogP contribution is -2.52. The van der Waals surface area contributed by atoms with E-state index in [-0.39, 0.29) is 30.4 Å². The number of piperidine rings is 1. The maximum atomic E-state index is 12.9. The maximum absolute atomic E-state index is 12.9. The van der Waals surface area contributed by atoms with E-state index in [0.717, 1.165) is 6.42 Å². The molecule has 1 N–H and O–H groups in total. The number of amides is 2. The molecule has 4 rings (SSSR count). The molecule has 156 valence electrons. The minimum atomic E-state index is -0.695. The zero-order valence-electron chi connectivity index (χ0n) is 16.8. The standard InChI is InChI=1S/C22H28N2O5/c1-15(21(28)23-11-4-5-16(25)14-23)24-12-10-22(9-8-20(24)27)13-18(26)17-6-2-3-7-19(17)29-22/h2-3,6-7,15-16,25H,4-5,8-14H2,1H3. The molecule has 3 atom stereocenters. The van der Waals surface area contributed by atoms with Gasteiger partial charge in [0.05, 0.1) is 18.1 Å². The highest BCUT2D eigenvalue weighted by Gasteiger charge is 2.44. The van der Waals surface area contributed by atoms with E-state index in [4.69, 9.17) is 4.74 Å². The van der Waals surface area contributed by atoms with Crippen LogP contribution in [0.1, 0.15) is 55.8 Å². The third kappa shape index (κ3) is 3.88. The van der Waals surface area contributed by atoms with Gasteiger partial charge in [-0.15, -0.1) is 0 Å². The van der Waals surface area contributed by atoms with E-state index in [2.05, 4.69) is 0 Å². The Hall–Kier alpha value is -2.41. The van der Waals surface area contributed by atoms with Crippen LogP contribution in [0.5, 0.6) is 5.75 Å². The van der Waals surface area contributed by atoms with Crippen LogP contribution in [0.4, 0.5) is 0 Å². The molecule has 1 aromatic rings. The molecule has 0 radical (unpaired) electrons.